The second-order valence-corrected chi connectivity index (χ2v) is 6.08. The number of hydrogen-bond donors (Lipinski definition) is 1. The molecule has 18 heavy (non-hydrogen) atoms. The van der Waals surface area contributed by atoms with Gasteiger partial charge >= 0.3 is 0 Å². The predicted molar refractivity (Wildman–Crippen MR) is 78.3 cm³/mol. The number of anilines is 1. The van der Waals surface area contributed by atoms with Crippen LogP contribution in [0.5, 0.6) is 0 Å². The summed E-state index contributed by atoms with van der Waals surface area (Å²) >= 11 is 18.6. The molecule has 2 aromatic rings. The number of amides is 1. The number of rotatable bonds is 3. The second-order valence-electron chi connectivity index (χ2n) is 3.53. The average molecular weight is 321 g/mol. The van der Waals surface area contributed by atoms with Crippen molar-refractivity contribution in [3.05, 3.63) is 50.1 Å². The van der Waals surface area contributed by atoms with Gasteiger partial charge in [0, 0.05) is 11.6 Å². The summed E-state index contributed by atoms with van der Waals surface area (Å²) in [6, 6.07) is 8.87. The van der Waals surface area contributed by atoms with Crippen molar-refractivity contribution < 1.29 is 4.79 Å². The Morgan fingerprint density at radius 2 is 2.06 bits per heavy atom. The topological polar surface area (TPSA) is 29.1 Å². The van der Waals surface area contributed by atoms with Crippen LogP contribution in [0.2, 0.25) is 8.67 Å². The number of carbonyl (C=O) groups is 1. The molecular formula is C12H8Cl3NOS. The first-order chi connectivity index (χ1) is 8.60. The summed E-state index contributed by atoms with van der Waals surface area (Å²) in [6.07, 6.45) is 0. The first-order valence-corrected chi connectivity index (χ1v) is 7.12. The van der Waals surface area contributed by atoms with E-state index < -0.39 is 0 Å². The number of halogens is 3. The summed E-state index contributed by atoms with van der Waals surface area (Å²) < 4.78 is 0.866. The van der Waals surface area contributed by atoms with Gasteiger partial charge < -0.3 is 5.32 Å². The molecule has 0 fully saturated rings. The molecule has 0 unspecified atom stereocenters. The van der Waals surface area contributed by atoms with Crippen LogP contribution in [0.15, 0.2) is 30.3 Å². The van der Waals surface area contributed by atoms with Gasteiger partial charge in [-0.25, -0.2) is 0 Å². The Morgan fingerprint density at radius 3 is 2.67 bits per heavy atom. The zero-order chi connectivity index (χ0) is 13.1. The van der Waals surface area contributed by atoms with Crippen LogP contribution in [0.4, 0.5) is 5.69 Å². The van der Waals surface area contributed by atoms with Gasteiger partial charge in [-0.1, -0.05) is 35.3 Å². The lowest BCUT2D eigenvalue weighted by atomic mass is 10.2. The van der Waals surface area contributed by atoms with Crippen molar-refractivity contribution in [3.63, 3.8) is 0 Å². The average Bonchev–Trinajstić information content (AvgIpc) is 2.69. The van der Waals surface area contributed by atoms with Crippen LogP contribution >= 0.6 is 46.1 Å². The monoisotopic (exact) mass is 319 g/mol. The zero-order valence-corrected chi connectivity index (χ0v) is 12.1. The third-order valence-electron chi connectivity index (χ3n) is 2.24. The summed E-state index contributed by atoms with van der Waals surface area (Å²) in [5, 5.41) is 2.75. The van der Waals surface area contributed by atoms with E-state index in [2.05, 4.69) is 5.32 Å². The van der Waals surface area contributed by atoms with Gasteiger partial charge in [-0.3, -0.25) is 4.79 Å². The highest BCUT2D eigenvalue weighted by atomic mass is 35.5. The minimum Gasteiger partial charge on any atom is -0.322 e. The predicted octanol–water partition coefficient (Wildman–Crippen LogP) is 5.05. The molecule has 2 nitrogen and oxygen atoms in total. The normalized spacial score (nSPS) is 10.4. The van der Waals surface area contributed by atoms with Gasteiger partial charge in [-0.2, -0.15) is 0 Å². The van der Waals surface area contributed by atoms with Gasteiger partial charge in [0.1, 0.15) is 4.34 Å². The molecule has 94 valence electrons. The minimum atomic E-state index is -0.283. The number of hydrogen-bond acceptors (Lipinski definition) is 2. The lowest BCUT2D eigenvalue weighted by Gasteiger charge is -2.05. The maximum Gasteiger partial charge on any atom is 0.258 e. The van der Waals surface area contributed by atoms with Crippen molar-refractivity contribution in [1.82, 2.24) is 0 Å². The van der Waals surface area contributed by atoms with E-state index in [-0.39, 0.29) is 5.91 Å². The molecule has 1 aromatic heterocycles. The number of benzene rings is 1. The summed E-state index contributed by atoms with van der Waals surface area (Å²) in [5.41, 5.74) is 1.99. The van der Waals surface area contributed by atoms with Crippen LogP contribution in [0.25, 0.3) is 0 Å². The molecule has 0 spiro atoms. The Hall–Kier alpha value is -0.740. The minimum absolute atomic E-state index is 0.283. The van der Waals surface area contributed by atoms with Crippen molar-refractivity contribution in [2.45, 2.75) is 5.88 Å². The molecule has 2 rings (SSSR count). The quantitative estimate of drug-likeness (QED) is 0.788. The van der Waals surface area contributed by atoms with Gasteiger partial charge in [0.15, 0.2) is 0 Å². The van der Waals surface area contributed by atoms with Crippen LogP contribution in [-0.2, 0) is 5.88 Å². The van der Waals surface area contributed by atoms with Gasteiger partial charge in [0.2, 0.25) is 0 Å². The first-order valence-electron chi connectivity index (χ1n) is 5.01. The van der Waals surface area contributed by atoms with Gasteiger partial charge in [0.05, 0.1) is 9.90 Å². The molecule has 6 heteroatoms. The Balaban J connectivity index is 2.18. The molecule has 1 N–H and O–H groups in total. The van der Waals surface area contributed by atoms with E-state index in [9.17, 15) is 4.79 Å². The van der Waals surface area contributed by atoms with E-state index in [1.807, 2.05) is 18.2 Å². The Labute approximate surface area is 123 Å². The molecule has 0 aliphatic rings. The van der Waals surface area contributed by atoms with E-state index in [1.165, 1.54) is 0 Å². The summed E-state index contributed by atoms with van der Waals surface area (Å²) in [5.74, 6) is 0.115. The molecule has 1 aromatic carbocycles. The molecule has 0 saturated carbocycles. The molecule has 0 bridgehead atoms. The van der Waals surface area contributed by atoms with Crippen LogP contribution in [0.1, 0.15) is 15.9 Å². The molecule has 0 atom stereocenters. The molecule has 0 aliphatic carbocycles. The van der Waals surface area contributed by atoms with E-state index in [1.54, 1.807) is 12.1 Å². The van der Waals surface area contributed by atoms with Crippen molar-refractivity contribution in [2.75, 3.05) is 5.32 Å². The SMILES string of the molecule is O=C(Nc1cccc(CCl)c1)c1cc(Cl)sc1Cl. The molecule has 0 aliphatic heterocycles. The number of nitrogens with one attached hydrogen (secondary N) is 1. The standard InChI is InChI=1S/C12H8Cl3NOS/c13-6-7-2-1-3-8(4-7)16-12(17)9-5-10(14)18-11(9)15/h1-5H,6H2,(H,16,17). The van der Waals surface area contributed by atoms with Crippen molar-refractivity contribution in [2.24, 2.45) is 0 Å². The van der Waals surface area contributed by atoms with Crippen LogP contribution < -0.4 is 5.32 Å². The molecule has 1 amide bonds. The maximum absolute atomic E-state index is 12.0. The Kier molecular flexibility index (Phi) is 4.51. The number of thiophene rings is 1. The fraction of sp³-hybridized carbons (Fsp3) is 0.0833. The molecular weight excluding hydrogens is 313 g/mol. The van der Waals surface area contributed by atoms with Gasteiger partial charge in [-0.05, 0) is 23.8 Å². The summed E-state index contributed by atoms with van der Waals surface area (Å²) in [4.78, 5) is 12.0. The smallest absolute Gasteiger partial charge is 0.258 e. The van der Waals surface area contributed by atoms with E-state index >= 15 is 0 Å². The highest BCUT2D eigenvalue weighted by Gasteiger charge is 2.14. The maximum atomic E-state index is 12.0. The van der Waals surface area contributed by atoms with Crippen molar-refractivity contribution >= 4 is 57.7 Å². The van der Waals surface area contributed by atoms with E-state index in [0.717, 1.165) is 16.9 Å². The summed E-state index contributed by atoms with van der Waals surface area (Å²) in [6.45, 7) is 0. The Morgan fingerprint density at radius 1 is 1.28 bits per heavy atom. The molecule has 0 saturated heterocycles. The van der Waals surface area contributed by atoms with Crippen LogP contribution in [-0.4, -0.2) is 5.91 Å². The molecule has 0 radical (unpaired) electrons. The lowest BCUT2D eigenvalue weighted by Crippen LogP contribution is -2.11. The Bertz CT molecular complexity index is 582. The highest BCUT2D eigenvalue weighted by molar-refractivity contribution is 7.20. The fourth-order valence-corrected chi connectivity index (χ4v) is 3.05. The summed E-state index contributed by atoms with van der Waals surface area (Å²) in [7, 11) is 0. The van der Waals surface area contributed by atoms with Gasteiger partial charge in [-0.15, -0.1) is 22.9 Å². The van der Waals surface area contributed by atoms with Crippen molar-refractivity contribution in [3.8, 4) is 0 Å². The largest absolute Gasteiger partial charge is 0.322 e. The second kappa shape index (κ2) is 5.93. The van der Waals surface area contributed by atoms with Crippen LogP contribution in [0, 0.1) is 0 Å². The molecule has 1 heterocycles. The van der Waals surface area contributed by atoms with Gasteiger partial charge in [0.25, 0.3) is 5.91 Å². The van der Waals surface area contributed by atoms with E-state index in [4.69, 9.17) is 34.8 Å². The number of carbonyl (C=O) groups excluding carboxylic acids is 1. The van der Waals surface area contributed by atoms with Crippen LogP contribution in [0.3, 0.4) is 0 Å². The first kappa shape index (κ1) is 13.7. The number of alkyl halides is 1. The zero-order valence-electron chi connectivity index (χ0n) is 9.04. The third kappa shape index (κ3) is 3.18. The fourth-order valence-electron chi connectivity index (χ4n) is 1.43. The third-order valence-corrected chi connectivity index (χ3v) is 4.04. The lowest BCUT2D eigenvalue weighted by molar-refractivity contribution is 0.102. The highest BCUT2D eigenvalue weighted by Crippen LogP contribution is 2.31. The van der Waals surface area contributed by atoms with E-state index in [0.29, 0.717) is 25.8 Å². The van der Waals surface area contributed by atoms with Crippen molar-refractivity contribution in [1.29, 1.82) is 0 Å².